The quantitative estimate of drug-likeness (QED) is 0.397. The number of rotatable bonds is 7. The highest BCUT2D eigenvalue weighted by Crippen LogP contribution is 2.30. The van der Waals surface area contributed by atoms with Crippen molar-refractivity contribution in [2.75, 3.05) is 0 Å². The molecule has 31 heavy (non-hydrogen) atoms. The molecule has 4 aromatic rings. The van der Waals surface area contributed by atoms with Gasteiger partial charge in [0.15, 0.2) is 0 Å². The number of nitrogens with one attached hydrogen (secondary N) is 1. The molecule has 0 spiro atoms. The summed E-state index contributed by atoms with van der Waals surface area (Å²) in [5.74, 6) is 0.666. The van der Waals surface area contributed by atoms with E-state index in [0.29, 0.717) is 29.4 Å². The van der Waals surface area contributed by atoms with E-state index in [-0.39, 0.29) is 5.91 Å². The first kappa shape index (κ1) is 21.3. The summed E-state index contributed by atoms with van der Waals surface area (Å²) < 4.78 is 2.00. The predicted molar refractivity (Wildman–Crippen MR) is 124 cm³/mol. The Morgan fingerprint density at radius 3 is 2.48 bits per heavy atom. The van der Waals surface area contributed by atoms with Crippen LogP contribution in [0, 0.1) is 0 Å². The molecule has 2 heterocycles. The van der Waals surface area contributed by atoms with Crippen LogP contribution in [-0.4, -0.2) is 20.4 Å². The van der Waals surface area contributed by atoms with Crippen LogP contribution in [0.15, 0.2) is 66.9 Å². The highest BCUT2D eigenvalue weighted by atomic mass is 35.5. The van der Waals surface area contributed by atoms with Gasteiger partial charge in [0, 0.05) is 22.7 Å². The average Bonchev–Trinajstić information content (AvgIpc) is 3.14. The molecular formula is C24H22Cl2N4O. The third kappa shape index (κ3) is 4.58. The van der Waals surface area contributed by atoms with E-state index in [1.165, 1.54) is 0 Å². The zero-order chi connectivity index (χ0) is 21.8. The lowest BCUT2D eigenvalue weighted by molar-refractivity contribution is -0.124. The molecule has 0 aliphatic heterocycles. The fourth-order valence-electron chi connectivity index (χ4n) is 3.71. The van der Waals surface area contributed by atoms with E-state index in [4.69, 9.17) is 28.2 Å². The standard InChI is InChI=1S/C24H22Cl2N4O/c1-2-21(24(31)28-15-16-8-5-6-13-27-16)30-22-12-4-3-11-20(22)29-23(30)14-17-18(25)9-7-10-19(17)26/h3-13,21H,2,14-15H2,1H3,(H,28,31)/t21-/m0/s1. The number of hydrogen-bond donors (Lipinski definition) is 1. The van der Waals surface area contributed by atoms with E-state index in [2.05, 4.69) is 10.3 Å². The highest BCUT2D eigenvalue weighted by molar-refractivity contribution is 6.36. The number of amides is 1. The number of imidazole rings is 1. The average molecular weight is 453 g/mol. The van der Waals surface area contributed by atoms with Crippen molar-refractivity contribution in [3.05, 3.63) is 94.0 Å². The van der Waals surface area contributed by atoms with Gasteiger partial charge in [-0.05, 0) is 48.4 Å². The van der Waals surface area contributed by atoms with E-state index in [0.717, 1.165) is 28.1 Å². The van der Waals surface area contributed by atoms with Gasteiger partial charge in [-0.25, -0.2) is 4.98 Å². The second-order valence-corrected chi connectivity index (χ2v) is 8.04. The Morgan fingerprint density at radius 1 is 1.03 bits per heavy atom. The van der Waals surface area contributed by atoms with Crippen LogP contribution in [0.2, 0.25) is 10.0 Å². The lowest BCUT2D eigenvalue weighted by Gasteiger charge is -2.20. The number of para-hydroxylation sites is 2. The Labute approximate surface area is 191 Å². The van der Waals surface area contributed by atoms with E-state index in [1.807, 2.05) is 72.2 Å². The van der Waals surface area contributed by atoms with E-state index >= 15 is 0 Å². The second-order valence-electron chi connectivity index (χ2n) is 7.23. The number of benzene rings is 2. The topological polar surface area (TPSA) is 59.8 Å². The molecule has 0 bridgehead atoms. The molecule has 1 atom stereocenters. The molecule has 0 saturated carbocycles. The Bertz CT molecular complexity index is 1190. The van der Waals surface area contributed by atoms with Crippen LogP contribution >= 0.6 is 23.2 Å². The predicted octanol–water partition coefficient (Wildman–Crippen LogP) is 5.60. The van der Waals surface area contributed by atoms with E-state index in [9.17, 15) is 4.79 Å². The van der Waals surface area contributed by atoms with Crippen LogP contribution in [0.4, 0.5) is 0 Å². The minimum absolute atomic E-state index is 0.0807. The molecule has 0 radical (unpaired) electrons. The number of hydrogen-bond acceptors (Lipinski definition) is 3. The van der Waals surface area contributed by atoms with Crippen molar-refractivity contribution < 1.29 is 4.79 Å². The molecule has 0 unspecified atom stereocenters. The van der Waals surface area contributed by atoms with Gasteiger partial charge in [0.25, 0.3) is 0 Å². The van der Waals surface area contributed by atoms with Crippen molar-refractivity contribution in [3.63, 3.8) is 0 Å². The monoisotopic (exact) mass is 452 g/mol. The van der Waals surface area contributed by atoms with Crippen LogP contribution in [-0.2, 0) is 17.8 Å². The summed E-state index contributed by atoms with van der Waals surface area (Å²) in [5.41, 5.74) is 3.34. The smallest absolute Gasteiger partial charge is 0.243 e. The fraction of sp³-hybridized carbons (Fsp3) is 0.208. The van der Waals surface area contributed by atoms with Gasteiger partial charge in [-0.1, -0.05) is 54.4 Å². The molecule has 1 N–H and O–H groups in total. The Balaban J connectivity index is 1.70. The Hall–Kier alpha value is -2.89. The summed E-state index contributed by atoms with van der Waals surface area (Å²) in [6.07, 6.45) is 2.75. The number of fused-ring (bicyclic) bond motifs is 1. The number of aromatic nitrogens is 3. The summed E-state index contributed by atoms with van der Waals surface area (Å²) in [7, 11) is 0. The third-order valence-electron chi connectivity index (χ3n) is 5.24. The van der Waals surface area contributed by atoms with Gasteiger partial charge in [0.1, 0.15) is 11.9 Å². The first-order valence-electron chi connectivity index (χ1n) is 10.1. The maximum Gasteiger partial charge on any atom is 0.243 e. The summed E-state index contributed by atoms with van der Waals surface area (Å²) in [4.78, 5) is 22.3. The van der Waals surface area contributed by atoms with Crippen LogP contribution in [0.3, 0.4) is 0 Å². The van der Waals surface area contributed by atoms with Crippen LogP contribution in [0.5, 0.6) is 0 Å². The zero-order valence-electron chi connectivity index (χ0n) is 17.1. The van der Waals surface area contributed by atoms with Gasteiger partial charge in [-0.3, -0.25) is 9.78 Å². The first-order chi connectivity index (χ1) is 15.1. The van der Waals surface area contributed by atoms with Crippen LogP contribution in [0.25, 0.3) is 11.0 Å². The normalized spacial score (nSPS) is 12.1. The van der Waals surface area contributed by atoms with Crippen molar-refractivity contribution in [3.8, 4) is 0 Å². The molecule has 2 aromatic carbocycles. The van der Waals surface area contributed by atoms with Crippen LogP contribution < -0.4 is 5.32 Å². The Morgan fingerprint density at radius 2 is 1.77 bits per heavy atom. The first-order valence-corrected chi connectivity index (χ1v) is 10.9. The maximum atomic E-state index is 13.2. The van der Waals surface area contributed by atoms with Gasteiger partial charge in [-0.2, -0.15) is 0 Å². The van der Waals surface area contributed by atoms with Crippen molar-refractivity contribution in [2.24, 2.45) is 0 Å². The minimum atomic E-state index is -0.424. The number of pyridine rings is 1. The molecule has 5 nitrogen and oxygen atoms in total. The number of carbonyl (C=O) groups excluding carboxylic acids is 1. The largest absolute Gasteiger partial charge is 0.349 e. The number of nitrogens with zero attached hydrogens (tertiary/aromatic N) is 3. The minimum Gasteiger partial charge on any atom is -0.349 e. The molecule has 4 rings (SSSR count). The lowest BCUT2D eigenvalue weighted by Crippen LogP contribution is -2.33. The van der Waals surface area contributed by atoms with E-state index in [1.54, 1.807) is 6.20 Å². The van der Waals surface area contributed by atoms with Crippen molar-refractivity contribution in [1.29, 1.82) is 0 Å². The van der Waals surface area contributed by atoms with Crippen LogP contribution in [0.1, 0.15) is 36.5 Å². The molecule has 1 amide bonds. The third-order valence-corrected chi connectivity index (χ3v) is 5.94. The molecule has 0 aliphatic rings. The molecule has 158 valence electrons. The molecule has 7 heteroatoms. The summed E-state index contributed by atoms with van der Waals surface area (Å²) in [6, 6.07) is 18.5. The highest BCUT2D eigenvalue weighted by Gasteiger charge is 2.25. The van der Waals surface area contributed by atoms with Crippen molar-refractivity contribution >= 4 is 40.1 Å². The molecule has 0 fully saturated rings. The van der Waals surface area contributed by atoms with Crippen molar-refractivity contribution in [2.45, 2.75) is 32.4 Å². The molecular weight excluding hydrogens is 431 g/mol. The molecule has 2 aromatic heterocycles. The maximum absolute atomic E-state index is 13.2. The van der Waals surface area contributed by atoms with Gasteiger partial charge >= 0.3 is 0 Å². The molecule has 0 aliphatic carbocycles. The summed E-state index contributed by atoms with van der Waals surface area (Å²) in [6.45, 7) is 2.36. The zero-order valence-corrected chi connectivity index (χ0v) is 18.6. The van der Waals surface area contributed by atoms with Gasteiger partial charge < -0.3 is 9.88 Å². The lowest BCUT2D eigenvalue weighted by atomic mass is 10.1. The fourth-order valence-corrected chi connectivity index (χ4v) is 4.24. The van der Waals surface area contributed by atoms with Crippen molar-refractivity contribution in [1.82, 2.24) is 19.9 Å². The SMILES string of the molecule is CC[C@@H](C(=O)NCc1ccccn1)n1c(Cc2c(Cl)cccc2Cl)nc2ccccc21. The van der Waals surface area contributed by atoms with Gasteiger partial charge in [0.05, 0.1) is 23.3 Å². The Kier molecular flexibility index (Phi) is 6.54. The number of carbonyl (C=O) groups is 1. The van der Waals surface area contributed by atoms with Gasteiger partial charge in [-0.15, -0.1) is 0 Å². The summed E-state index contributed by atoms with van der Waals surface area (Å²) >= 11 is 12.8. The summed E-state index contributed by atoms with van der Waals surface area (Å²) in [5, 5.41) is 4.18. The number of halogens is 2. The molecule has 0 saturated heterocycles. The van der Waals surface area contributed by atoms with Gasteiger partial charge in [0.2, 0.25) is 5.91 Å². The second kappa shape index (κ2) is 9.50. The van der Waals surface area contributed by atoms with E-state index < -0.39 is 6.04 Å².